The number of rotatable bonds is 7. The Kier molecular flexibility index (Phi) is 6.65. The van der Waals surface area contributed by atoms with Gasteiger partial charge < -0.3 is 4.42 Å². The minimum atomic E-state index is -3.84. The van der Waals surface area contributed by atoms with Gasteiger partial charge in [0.2, 0.25) is 10.0 Å². The topological polar surface area (TPSA) is 76.4 Å². The Hall–Kier alpha value is -2.35. The standard InChI is InChI=1S/C24H25NO4S2/c1-17-12-14-19(15-13-17)31(27,28)25-24(21-10-6-16-29-21)23-20(26)9-5-11-22(23)30-18-7-3-2-4-8-18/h2-4,6-8,10,12-16,22-25H,5,9,11H2,1H3/t22-,23-,24-/m0/s1. The number of hydrogen-bond donors (Lipinski definition) is 1. The van der Waals surface area contributed by atoms with Gasteiger partial charge in [0.05, 0.1) is 23.1 Å². The molecule has 1 N–H and O–H groups in total. The molecule has 1 aliphatic carbocycles. The number of nitrogens with one attached hydrogen (secondary N) is 1. The first-order valence-electron chi connectivity index (χ1n) is 10.3. The van der Waals surface area contributed by atoms with Crippen molar-refractivity contribution in [3.05, 3.63) is 84.3 Å². The van der Waals surface area contributed by atoms with Crippen molar-refractivity contribution in [1.29, 1.82) is 0 Å². The molecule has 3 atom stereocenters. The molecular formula is C24H25NO4S2. The van der Waals surface area contributed by atoms with Gasteiger partial charge >= 0.3 is 0 Å². The van der Waals surface area contributed by atoms with E-state index < -0.39 is 22.0 Å². The van der Waals surface area contributed by atoms with Gasteiger partial charge in [-0.15, -0.1) is 11.8 Å². The smallest absolute Gasteiger partial charge is 0.241 e. The summed E-state index contributed by atoms with van der Waals surface area (Å²) in [5.74, 6) is -0.00684. The van der Waals surface area contributed by atoms with Crippen LogP contribution < -0.4 is 4.72 Å². The lowest BCUT2D eigenvalue weighted by Gasteiger charge is -2.35. The lowest BCUT2D eigenvalue weighted by atomic mass is 9.81. The van der Waals surface area contributed by atoms with Crippen molar-refractivity contribution in [1.82, 2.24) is 4.72 Å². The Morgan fingerprint density at radius 2 is 1.77 bits per heavy atom. The number of thioether (sulfide) groups is 1. The molecule has 7 heteroatoms. The first kappa shape index (κ1) is 21.9. The van der Waals surface area contributed by atoms with E-state index in [0.29, 0.717) is 12.2 Å². The summed E-state index contributed by atoms with van der Waals surface area (Å²) >= 11 is 1.63. The molecular weight excluding hydrogens is 430 g/mol. The van der Waals surface area contributed by atoms with Crippen LogP contribution in [0.1, 0.15) is 36.6 Å². The summed E-state index contributed by atoms with van der Waals surface area (Å²) in [5, 5.41) is -0.0560. The minimum absolute atomic E-state index is 0.0560. The average Bonchev–Trinajstić information content (AvgIpc) is 3.29. The number of furan rings is 1. The number of carbonyl (C=O) groups excluding carboxylic acids is 1. The predicted octanol–water partition coefficient (Wildman–Crippen LogP) is 5.14. The summed E-state index contributed by atoms with van der Waals surface area (Å²) < 4.78 is 34.8. The highest BCUT2D eigenvalue weighted by Gasteiger charge is 2.42. The zero-order valence-corrected chi connectivity index (χ0v) is 18.9. The number of hydrogen-bond acceptors (Lipinski definition) is 5. The second kappa shape index (κ2) is 9.42. The molecule has 1 aliphatic rings. The summed E-state index contributed by atoms with van der Waals surface area (Å²) in [6.45, 7) is 1.90. The molecule has 0 spiro atoms. The quantitative estimate of drug-likeness (QED) is 0.534. The van der Waals surface area contributed by atoms with Gasteiger partial charge in [-0.3, -0.25) is 4.79 Å². The second-order valence-corrected chi connectivity index (χ2v) is 10.8. The van der Waals surface area contributed by atoms with Crippen molar-refractivity contribution in [2.24, 2.45) is 5.92 Å². The van der Waals surface area contributed by atoms with Crippen molar-refractivity contribution in [2.45, 2.75) is 47.3 Å². The maximum Gasteiger partial charge on any atom is 0.241 e. The van der Waals surface area contributed by atoms with Crippen molar-refractivity contribution in [3.63, 3.8) is 0 Å². The third-order valence-electron chi connectivity index (χ3n) is 5.54. The lowest BCUT2D eigenvalue weighted by molar-refractivity contribution is -0.125. The van der Waals surface area contributed by atoms with Gasteiger partial charge in [-0.25, -0.2) is 8.42 Å². The van der Waals surface area contributed by atoms with Crippen molar-refractivity contribution >= 4 is 27.6 Å². The van der Waals surface area contributed by atoms with Gasteiger partial charge in [-0.2, -0.15) is 4.72 Å². The molecule has 0 bridgehead atoms. The molecule has 0 saturated heterocycles. The fourth-order valence-electron chi connectivity index (χ4n) is 3.97. The highest BCUT2D eigenvalue weighted by molar-refractivity contribution is 8.00. The molecule has 0 amide bonds. The van der Waals surface area contributed by atoms with Gasteiger partial charge in [0.15, 0.2) is 0 Å². The average molecular weight is 456 g/mol. The molecule has 0 unspecified atom stereocenters. The van der Waals surface area contributed by atoms with Gasteiger partial charge in [0, 0.05) is 16.6 Å². The molecule has 3 aromatic rings. The fraction of sp³-hybridized carbons (Fsp3) is 0.292. The molecule has 1 heterocycles. The van der Waals surface area contributed by atoms with E-state index in [1.165, 1.54) is 6.26 Å². The van der Waals surface area contributed by atoms with Crippen LogP contribution in [0.15, 0.2) is 87.2 Å². The first-order valence-corrected chi connectivity index (χ1v) is 12.7. The Balaban J connectivity index is 1.68. The molecule has 162 valence electrons. The monoisotopic (exact) mass is 455 g/mol. The zero-order valence-electron chi connectivity index (χ0n) is 17.2. The van der Waals surface area contributed by atoms with E-state index in [-0.39, 0.29) is 15.9 Å². The lowest BCUT2D eigenvalue weighted by Crippen LogP contribution is -2.43. The van der Waals surface area contributed by atoms with Gasteiger partial charge in [-0.05, 0) is 56.2 Å². The summed E-state index contributed by atoms with van der Waals surface area (Å²) in [4.78, 5) is 14.3. The largest absolute Gasteiger partial charge is 0.468 e. The van der Waals surface area contributed by atoms with E-state index in [1.807, 2.05) is 37.3 Å². The maximum atomic E-state index is 13.2. The van der Waals surface area contributed by atoms with E-state index in [1.54, 1.807) is 48.2 Å². The predicted molar refractivity (Wildman–Crippen MR) is 121 cm³/mol. The molecule has 4 rings (SSSR count). The molecule has 5 nitrogen and oxygen atoms in total. The molecule has 31 heavy (non-hydrogen) atoms. The van der Waals surface area contributed by atoms with Crippen LogP contribution in [0.3, 0.4) is 0 Å². The molecule has 1 aromatic heterocycles. The number of carbonyl (C=O) groups is 1. The third kappa shape index (κ3) is 5.11. The van der Waals surface area contributed by atoms with Crippen LogP contribution in [0.2, 0.25) is 0 Å². The molecule has 2 aromatic carbocycles. The number of ketones is 1. The van der Waals surface area contributed by atoms with Gasteiger partial charge in [0.25, 0.3) is 0 Å². The summed E-state index contributed by atoms with van der Waals surface area (Å²) in [6.07, 6.45) is 3.59. The third-order valence-corrected chi connectivity index (χ3v) is 8.37. The van der Waals surface area contributed by atoms with E-state index >= 15 is 0 Å². The van der Waals surface area contributed by atoms with Crippen LogP contribution in [0.4, 0.5) is 0 Å². The normalized spacial score (nSPS) is 20.5. The minimum Gasteiger partial charge on any atom is -0.468 e. The highest BCUT2D eigenvalue weighted by atomic mass is 32.2. The van der Waals surface area contributed by atoms with Gasteiger partial charge in [0.1, 0.15) is 11.5 Å². The number of aryl methyl sites for hydroxylation is 1. The summed E-state index contributed by atoms with van der Waals surface area (Å²) in [7, 11) is -3.84. The Bertz CT molecular complexity index is 1110. The van der Waals surface area contributed by atoms with Crippen molar-refractivity contribution in [2.75, 3.05) is 0 Å². The number of sulfonamides is 1. The summed E-state index contributed by atoms with van der Waals surface area (Å²) in [6, 6.07) is 19.3. The van der Waals surface area contributed by atoms with Gasteiger partial charge in [-0.1, -0.05) is 35.9 Å². The van der Waals surface area contributed by atoms with Crippen molar-refractivity contribution in [3.8, 4) is 0 Å². The Morgan fingerprint density at radius 1 is 1.03 bits per heavy atom. The van der Waals surface area contributed by atoms with Crippen LogP contribution in [0, 0.1) is 12.8 Å². The van der Waals surface area contributed by atoms with Crippen molar-refractivity contribution < 1.29 is 17.6 Å². The highest BCUT2D eigenvalue weighted by Crippen LogP contribution is 2.42. The van der Waals surface area contributed by atoms with Crippen LogP contribution in [-0.2, 0) is 14.8 Å². The second-order valence-electron chi connectivity index (χ2n) is 7.78. The Morgan fingerprint density at radius 3 is 2.45 bits per heavy atom. The fourth-order valence-corrected chi connectivity index (χ4v) is 6.60. The number of Topliss-reactive ketones (excluding diaryl/α,β-unsaturated/α-hetero) is 1. The Labute approximate surface area is 187 Å². The van der Waals surface area contributed by atoms with Crippen LogP contribution in [-0.4, -0.2) is 19.5 Å². The SMILES string of the molecule is Cc1ccc(S(=O)(=O)N[C@@H](c2ccco2)[C@H]2C(=O)CCC[C@@H]2Sc2ccccc2)cc1. The molecule has 1 fully saturated rings. The van der Waals surface area contributed by atoms with Crippen LogP contribution >= 0.6 is 11.8 Å². The van der Waals surface area contributed by atoms with E-state index in [2.05, 4.69) is 4.72 Å². The van der Waals surface area contributed by atoms with Crippen LogP contribution in [0.25, 0.3) is 0 Å². The van der Waals surface area contributed by atoms with Crippen LogP contribution in [0.5, 0.6) is 0 Å². The molecule has 0 aliphatic heterocycles. The molecule has 0 radical (unpaired) electrons. The zero-order chi connectivity index (χ0) is 21.8. The van der Waals surface area contributed by atoms with E-state index in [4.69, 9.17) is 4.42 Å². The molecule has 1 saturated carbocycles. The van der Waals surface area contributed by atoms with E-state index in [9.17, 15) is 13.2 Å². The number of benzene rings is 2. The summed E-state index contributed by atoms with van der Waals surface area (Å²) in [5.41, 5.74) is 0.975. The first-order chi connectivity index (χ1) is 14.9. The maximum absolute atomic E-state index is 13.2. The van der Waals surface area contributed by atoms with E-state index in [0.717, 1.165) is 23.3 Å².